The molecule has 124 valence electrons. The third kappa shape index (κ3) is 6.78. The van der Waals surface area contributed by atoms with E-state index < -0.39 is 0 Å². The van der Waals surface area contributed by atoms with Gasteiger partial charge in [-0.3, -0.25) is 0 Å². The van der Waals surface area contributed by atoms with Crippen LogP contribution in [0.25, 0.3) is 0 Å². The molecule has 23 heavy (non-hydrogen) atoms. The highest BCUT2D eigenvalue weighted by Gasteiger charge is 2.05. The number of hydrogen-bond acceptors (Lipinski definition) is 4. The van der Waals surface area contributed by atoms with Crippen molar-refractivity contribution in [2.75, 3.05) is 13.2 Å². The van der Waals surface area contributed by atoms with Crippen LogP contribution in [0.5, 0.6) is 0 Å². The Kier molecular flexibility index (Phi) is 7.66. The normalized spacial score (nSPS) is 13.7. The molecule has 0 bridgehead atoms. The summed E-state index contributed by atoms with van der Waals surface area (Å²) < 4.78 is 11.2. The van der Waals surface area contributed by atoms with Gasteiger partial charge in [0.1, 0.15) is 0 Å². The van der Waals surface area contributed by atoms with Crippen molar-refractivity contribution in [2.45, 2.75) is 25.0 Å². The van der Waals surface area contributed by atoms with E-state index in [1.54, 1.807) is 0 Å². The summed E-state index contributed by atoms with van der Waals surface area (Å²) in [7, 11) is 2.51. The standard InChI is InChI=1S/C18H25N2O2P/c19-17(16-4-2-1-3-5-16)12-21-10-14-6-8-15(9-7-14)11-22-13-18(20)23/h1-9,17-18H,10-13,19-20,23H2. The van der Waals surface area contributed by atoms with Crippen molar-refractivity contribution in [3.05, 3.63) is 71.3 Å². The predicted octanol–water partition coefficient (Wildman–Crippen LogP) is 2.58. The second-order valence-corrected chi connectivity index (χ2v) is 6.38. The van der Waals surface area contributed by atoms with Gasteiger partial charge in [0.05, 0.1) is 32.5 Å². The Morgan fingerprint density at radius 1 is 0.783 bits per heavy atom. The molecule has 2 aromatic rings. The molecular formula is C18H25N2O2P. The first kappa shape index (κ1) is 18.1. The highest BCUT2D eigenvalue weighted by Crippen LogP contribution is 2.12. The summed E-state index contributed by atoms with van der Waals surface area (Å²) in [5.41, 5.74) is 15.1. The Balaban J connectivity index is 1.71. The first-order valence-corrected chi connectivity index (χ1v) is 8.37. The van der Waals surface area contributed by atoms with Gasteiger partial charge < -0.3 is 20.9 Å². The Bertz CT molecular complexity index is 561. The molecule has 0 amide bonds. The topological polar surface area (TPSA) is 70.5 Å². The zero-order valence-corrected chi connectivity index (χ0v) is 14.4. The molecule has 0 heterocycles. The van der Waals surface area contributed by atoms with Crippen LogP contribution in [-0.4, -0.2) is 19.0 Å². The van der Waals surface area contributed by atoms with Gasteiger partial charge in [0.15, 0.2) is 0 Å². The molecule has 3 atom stereocenters. The third-order valence-electron chi connectivity index (χ3n) is 3.40. The van der Waals surface area contributed by atoms with Crippen LogP contribution in [0.15, 0.2) is 54.6 Å². The van der Waals surface area contributed by atoms with Crippen molar-refractivity contribution in [1.29, 1.82) is 0 Å². The van der Waals surface area contributed by atoms with E-state index in [-0.39, 0.29) is 11.8 Å². The molecule has 2 rings (SSSR count). The molecule has 2 aromatic carbocycles. The Morgan fingerprint density at radius 3 is 1.83 bits per heavy atom. The number of ether oxygens (including phenoxy) is 2. The van der Waals surface area contributed by atoms with E-state index in [4.69, 9.17) is 20.9 Å². The molecule has 0 aliphatic carbocycles. The van der Waals surface area contributed by atoms with Crippen LogP contribution in [-0.2, 0) is 22.7 Å². The quantitative estimate of drug-likeness (QED) is 0.693. The summed E-state index contributed by atoms with van der Waals surface area (Å²) in [4.78, 5) is 0. The van der Waals surface area contributed by atoms with Crippen LogP contribution < -0.4 is 11.5 Å². The Labute approximate surface area is 140 Å². The minimum atomic E-state index is -0.0972. The largest absolute Gasteiger partial charge is 0.375 e. The van der Waals surface area contributed by atoms with Gasteiger partial charge in [0.2, 0.25) is 0 Å². The molecule has 0 aliphatic heterocycles. The number of hydrogen-bond donors (Lipinski definition) is 2. The van der Waals surface area contributed by atoms with Gasteiger partial charge in [0.25, 0.3) is 0 Å². The molecule has 0 saturated heterocycles. The molecule has 3 unspecified atom stereocenters. The number of rotatable bonds is 9. The van der Waals surface area contributed by atoms with Crippen molar-refractivity contribution < 1.29 is 9.47 Å². The average molecular weight is 332 g/mol. The lowest BCUT2D eigenvalue weighted by molar-refractivity contribution is 0.108. The van der Waals surface area contributed by atoms with Crippen LogP contribution >= 0.6 is 9.24 Å². The van der Waals surface area contributed by atoms with Gasteiger partial charge in [0, 0.05) is 5.78 Å². The molecule has 0 saturated carbocycles. The third-order valence-corrected chi connectivity index (χ3v) is 3.59. The van der Waals surface area contributed by atoms with Gasteiger partial charge in [-0.15, -0.1) is 9.24 Å². The fraction of sp³-hybridized carbons (Fsp3) is 0.333. The van der Waals surface area contributed by atoms with Gasteiger partial charge in [-0.1, -0.05) is 54.6 Å². The maximum atomic E-state index is 6.11. The minimum absolute atomic E-state index is 0.0171. The molecule has 4 N–H and O–H groups in total. The van der Waals surface area contributed by atoms with Crippen molar-refractivity contribution in [1.82, 2.24) is 0 Å². The average Bonchev–Trinajstić information content (AvgIpc) is 2.57. The summed E-state index contributed by atoms with van der Waals surface area (Å²) in [6, 6.07) is 18.1. The smallest absolute Gasteiger partial charge is 0.0717 e. The van der Waals surface area contributed by atoms with E-state index >= 15 is 0 Å². The molecule has 4 nitrogen and oxygen atoms in total. The monoisotopic (exact) mass is 332 g/mol. The minimum Gasteiger partial charge on any atom is -0.375 e. The summed E-state index contributed by atoms with van der Waals surface area (Å²) in [6.45, 7) is 2.16. The fourth-order valence-corrected chi connectivity index (χ4v) is 2.28. The first-order valence-electron chi connectivity index (χ1n) is 7.70. The van der Waals surface area contributed by atoms with Crippen molar-refractivity contribution in [3.63, 3.8) is 0 Å². The second-order valence-electron chi connectivity index (χ2n) is 5.53. The highest BCUT2D eigenvalue weighted by molar-refractivity contribution is 7.17. The molecule has 0 spiro atoms. The highest BCUT2D eigenvalue weighted by atomic mass is 31.0. The lowest BCUT2D eigenvalue weighted by Gasteiger charge is -2.13. The lowest BCUT2D eigenvalue weighted by Crippen LogP contribution is -2.18. The van der Waals surface area contributed by atoms with Gasteiger partial charge in [-0.25, -0.2) is 0 Å². The molecule has 0 aromatic heterocycles. The van der Waals surface area contributed by atoms with E-state index in [1.807, 2.05) is 54.6 Å². The van der Waals surface area contributed by atoms with Crippen LogP contribution in [0.3, 0.4) is 0 Å². The predicted molar refractivity (Wildman–Crippen MR) is 96.8 cm³/mol. The summed E-state index contributed by atoms with van der Waals surface area (Å²) in [5, 5.41) is 0. The fourth-order valence-electron chi connectivity index (χ4n) is 2.14. The molecule has 0 fully saturated rings. The SMILES string of the molecule is NC(P)COCc1ccc(COCC(N)c2ccccc2)cc1. The van der Waals surface area contributed by atoms with Crippen LogP contribution in [0.2, 0.25) is 0 Å². The van der Waals surface area contributed by atoms with Gasteiger partial charge in [-0.2, -0.15) is 0 Å². The van der Waals surface area contributed by atoms with Crippen molar-refractivity contribution >= 4 is 9.24 Å². The van der Waals surface area contributed by atoms with E-state index in [0.29, 0.717) is 26.4 Å². The lowest BCUT2D eigenvalue weighted by atomic mass is 10.1. The number of benzene rings is 2. The van der Waals surface area contributed by atoms with Crippen LogP contribution in [0.1, 0.15) is 22.7 Å². The maximum absolute atomic E-state index is 6.11. The summed E-state index contributed by atoms with van der Waals surface area (Å²) >= 11 is 0. The molecule has 0 radical (unpaired) electrons. The molecular weight excluding hydrogens is 307 g/mol. The van der Waals surface area contributed by atoms with Gasteiger partial charge in [-0.05, 0) is 16.7 Å². The Hall–Kier alpha value is -1.29. The summed E-state index contributed by atoms with van der Waals surface area (Å²) in [5.74, 6) is -0.0171. The van der Waals surface area contributed by atoms with E-state index in [1.165, 1.54) is 0 Å². The van der Waals surface area contributed by atoms with Crippen LogP contribution in [0.4, 0.5) is 0 Å². The second kappa shape index (κ2) is 9.76. The maximum Gasteiger partial charge on any atom is 0.0717 e. The molecule has 5 heteroatoms. The van der Waals surface area contributed by atoms with Gasteiger partial charge >= 0.3 is 0 Å². The summed E-state index contributed by atoms with van der Waals surface area (Å²) in [6.07, 6.45) is 0. The number of nitrogens with two attached hydrogens (primary N) is 2. The van der Waals surface area contributed by atoms with Crippen molar-refractivity contribution in [2.24, 2.45) is 11.5 Å². The van der Waals surface area contributed by atoms with Crippen LogP contribution in [0, 0.1) is 0 Å². The first-order chi connectivity index (χ1) is 11.1. The molecule has 0 aliphatic rings. The zero-order valence-electron chi connectivity index (χ0n) is 13.2. The van der Waals surface area contributed by atoms with E-state index in [0.717, 1.165) is 16.7 Å². The zero-order chi connectivity index (χ0) is 16.5. The van der Waals surface area contributed by atoms with Crippen molar-refractivity contribution in [3.8, 4) is 0 Å². The van der Waals surface area contributed by atoms with E-state index in [2.05, 4.69) is 9.24 Å². The van der Waals surface area contributed by atoms with E-state index in [9.17, 15) is 0 Å². The Morgan fingerprint density at radius 2 is 1.30 bits per heavy atom.